The van der Waals surface area contributed by atoms with Crippen molar-refractivity contribution in [3.05, 3.63) is 59.4 Å². The second-order valence-electron chi connectivity index (χ2n) is 9.90. The number of hydrogen-bond donors (Lipinski definition) is 2. The molecule has 2 N–H and O–H groups in total. The number of carbonyl (C=O) groups is 1. The van der Waals surface area contributed by atoms with Crippen molar-refractivity contribution < 1.29 is 23.6 Å². The van der Waals surface area contributed by atoms with E-state index >= 15 is 0 Å². The monoisotopic (exact) mass is 468 g/mol. The van der Waals surface area contributed by atoms with Crippen LogP contribution in [0.1, 0.15) is 59.4 Å². The molecule has 0 saturated carbocycles. The molecule has 2 aliphatic rings. The van der Waals surface area contributed by atoms with Gasteiger partial charge in [-0.2, -0.15) is 0 Å². The van der Waals surface area contributed by atoms with Gasteiger partial charge in [-0.25, -0.2) is 0 Å². The SMILES string of the molecule is CCOC(=O)C1(CO/C(=C/C(=N)c2ccccc2)NC)CC=C(B2OC(C)(C)C(C)(C)O2)CC1. The fraction of sp³-hybridized carbons (Fsp3) is 0.538. The molecule has 8 heteroatoms. The Labute approximate surface area is 203 Å². The van der Waals surface area contributed by atoms with Crippen LogP contribution in [0.5, 0.6) is 0 Å². The van der Waals surface area contributed by atoms with Crippen LogP contribution in [0.25, 0.3) is 0 Å². The van der Waals surface area contributed by atoms with E-state index in [0.29, 0.717) is 37.5 Å². The van der Waals surface area contributed by atoms with Crippen LogP contribution in [-0.4, -0.2) is 50.3 Å². The van der Waals surface area contributed by atoms with Gasteiger partial charge in [-0.05, 0) is 64.9 Å². The molecule has 1 atom stereocenters. The predicted octanol–water partition coefficient (Wildman–Crippen LogP) is 4.42. The average Bonchev–Trinajstić information content (AvgIpc) is 3.04. The van der Waals surface area contributed by atoms with E-state index in [1.165, 1.54) is 0 Å². The Morgan fingerprint density at radius 1 is 1.15 bits per heavy atom. The van der Waals surface area contributed by atoms with E-state index in [9.17, 15) is 4.79 Å². The summed E-state index contributed by atoms with van der Waals surface area (Å²) in [6, 6.07) is 9.43. The Kier molecular flexibility index (Phi) is 7.93. The van der Waals surface area contributed by atoms with E-state index in [2.05, 4.69) is 5.32 Å². The lowest BCUT2D eigenvalue weighted by Crippen LogP contribution is -2.41. The third kappa shape index (κ3) is 5.55. The van der Waals surface area contributed by atoms with Gasteiger partial charge in [-0.15, -0.1) is 0 Å². The normalized spacial score (nSPS) is 23.8. The lowest BCUT2D eigenvalue weighted by atomic mass is 9.66. The number of benzene rings is 1. The number of esters is 1. The van der Waals surface area contributed by atoms with E-state index < -0.39 is 23.7 Å². The van der Waals surface area contributed by atoms with Crippen LogP contribution in [0.2, 0.25) is 0 Å². The largest absolute Gasteiger partial charge is 0.490 e. The van der Waals surface area contributed by atoms with Crippen molar-refractivity contribution >= 4 is 18.8 Å². The topological polar surface area (TPSA) is 89.9 Å². The highest BCUT2D eigenvalue weighted by molar-refractivity contribution is 6.54. The Morgan fingerprint density at radius 3 is 2.32 bits per heavy atom. The molecule has 0 aromatic heterocycles. The molecular formula is C26H37BN2O5. The molecule has 184 valence electrons. The Balaban J connectivity index is 1.74. The Morgan fingerprint density at radius 2 is 1.79 bits per heavy atom. The van der Waals surface area contributed by atoms with E-state index in [0.717, 1.165) is 11.0 Å². The van der Waals surface area contributed by atoms with Gasteiger partial charge in [0.1, 0.15) is 12.0 Å². The zero-order chi connectivity index (χ0) is 25.0. The highest BCUT2D eigenvalue weighted by Gasteiger charge is 2.53. The minimum Gasteiger partial charge on any atom is -0.478 e. The Bertz CT molecular complexity index is 941. The minimum absolute atomic E-state index is 0.147. The highest BCUT2D eigenvalue weighted by atomic mass is 16.7. The zero-order valence-electron chi connectivity index (χ0n) is 21.2. The average molecular weight is 468 g/mol. The molecule has 1 unspecified atom stereocenters. The van der Waals surface area contributed by atoms with Crippen molar-refractivity contribution in [2.75, 3.05) is 20.3 Å². The van der Waals surface area contributed by atoms with Gasteiger partial charge in [0.25, 0.3) is 0 Å². The molecule has 34 heavy (non-hydrogen) atoms. The number of carbonyl (C=O) groups excluding carboxylic acids is 1. The van der Waals surface area contributed by atoms with Gasteiger partial charge >= 0.3 is 13.1 Å². The van der Waals surface area contributed by atoms with Gasteiger partial charge in [0, 0.05) is 13.1 Å². The third-order valence-electron chi connectivity index (χ3n) is 7.02. The smallest absolute Gasteiger partial charge is 0.478 e. The van der Waals surface area contributed by atoms with Gasteiger partial charge in [0.2, 0.25) is 0 Å². The fourth-order valence-corrected chi connectivity index (χ4v) is 4.02. The quantitative estimate of drug-likeness (QED) is 0.241. The molecule has 0 amide bonds. The van der Waals surface area contributed by atoms with Crippen molar-refractivity contribution in [1.29, 1.82) is 5.41 Å². The fourth-order valence-electron chi connectivity index (χ4n) is 4.02. The summed E-state index contributed by atoms with van der Waals surface area (Å²) in [5.41, 5.74) is 0.524. The molecule has 1 heterocycles. The van der Waals surface area contributed by atoms with E-state index in [1.807, 2.05) is 64.1 Å². The molecule has 0 bridgehead atoms. The molecule has 0 radical (unpaired) electrons. The van der Waals surface area contributed by atoms with Crippen molar-refractivity contribution in [2.45, 2.75) is 65.1 Å². The number of nitrogens with one attached hydrogen (secondary N) is 2. The summed E-state index contributed by atoms with van der Waals surface area (Å²) in [6.07, 6.45) is 5.36. The zero-order valence-corrected chi connectivity index (χ0v) is 21.2. The molecular weight excluding hydrogens is 431 g/mol. The van der Waals surface area contributed by atoms with Gasteiger partial charge in [0.15, 0.2) is 5.88 Å². The molecule has 0 spiro atoms. The lowest BCUT2D eigenvalue weighted by Gasteiger charge is -2.34. The van der Waals surface area contributed by atoms with Crippen LogP contribution >= 0.6 is 0 Å². The molecule has 7 nitrogen and oxygen atoms in total. The molecule has 3 rings (SSSR count). The van der Waals surface area contributed by atoms with Crippen LogP contribution in [0, 0.1) is 10.8 Å². The van der Waals surface area contributed by atoms with Gasteiger partial charge in [0.05, 0.1) is 23.5 Å². The second kappa shape index (κ2) is 10.4. The summed E-state index contributed by atoms with van der Waals surface area (Å²) >= 11 is 0. The van der Waals surface area contributed by atoms with Crippen molar-refractivity contribution in [3.8, 4) is 0 Å². The van der Waals surface area contributed by atoms with Crippen LogP contribution in [0.4, 0.5) is 0 Å². The first-order valence-corrected chi connectivity index (χ1v) is 11.9. The number of allylic oxidation sites excluding steroid dienone is 3. The minimum atomic E-state index is -0.811. The maximum Gasteiger partial charge on any atom is 0.490 e. The van der Waals surface area contributed by atoms with Gasteiger partial charge in [-0.1, -0.05) is 36.4 Å². The lowest BCUT2D eigenvalue weighted by molar-refractivity contribution is -0.159. The van der Waals surface area contributed by atoms with E-state index in [4.69, 9.17) is 24.2 Å². The molecule has 1 aromatic carbocycles. The van der Waals surface area contributed by atoms with Crippen molar-refractivity contribution in [1.82, 2.24) is 5.32 Å². The van der Waals surface area contributed by atoms with Crippen LogP contribution in [-0.2, 0) is 23.6 Å². The maximum atomic E-state index is 13.0. The molecule has 1 aliphatic carbocycles. The third-order valence-corrected chi connectivity index (χ3v) is 7.02. The van der Waals surface area contributed by atoms with Gasteiger partial charge in [-0.3, -0.25) is 4.79 Å². The number of rotatable bonds is 9. The molecule has 1 aromatic rings. The summed E-state index contributed by atoms with van der Waals surface area (Å²) in [5.74, 6) is 0.158. The molecule has 1 saturated heterocycles. The Hall–Kier alpha value is -2.58. The van der Waals surface area contributed by atoms with E-state index in [-0.39, 0.29) is 12.6 Å². The van der Waals surface area contributed by atoms with Crippen LogP contribution in [0.3, 0.4) is 0 Å². The highest BCUT2D eigenvalue weighted by Crippen LogP contribution is 2.43. The first-order chi connectivity index (χ1) is 16.0. The second-order valence-corrected chi connectivity index (χ2v) is 9.90. The van der Waals surface area contributed by atoms with Crippen LogP contribution in [0.15, 0.2) is 53.8 Å². The number of hydrogen-bond acceptors (Lipinski definition) is 7. The summed E-state index contributed by atoms with van der Waals surface area (Å²) in [4.78, 5) is 13.0. The van der Waals surface area contributed by atoms with E-state index in [1.54, 1.807) is 20.0 Å². The predicted molar refractivity (Wildman–Crippen MR) is 133 cm³/mol. The van der Waals surface area contributed by atoms with Crippen molar-refractivity contribution in [3.63, 3.8) is 0 Å². The molecule has 1 fully saturated rings. The number of ether oxygens (including phenoxy) is 2. The van der Waals surface area contributed by atoms with Crippen molar-refractivity contribution in [2.24, 2.45) is 5.41 Å². The first kappa shape index (κ1) is 26.0. The van der Waals surface area contributed by atoms with Gasteiger partial charge < -0.3 is 29.5 Å². The van der Waals surface area contributed by atoms with Crippen LogP contribution < -0.4 is 5.32 Å². The summed E-state index contributed by atoms with van der Waals surface area (Å²) in [7, 11) is 1.32. The summed E-state index contributed by atoms with van der Waals surface area (Å²) < 4.78 is 23.9. The standard InChI is InChI=1S/C26H37BN2O5/c1-7-31-23(30)26(18-32-22(29-6)17-21(28)19-11-9-8-10-12-19)15-13-20(14-16-26)27-33-24(2,3)25(4,5)34-27/h8-13,17,28-29H,7,14-16,18H2,1-6H3/b22-17+,28-21?. The summed E-state index contributed by atoms with van der Waals surface area (Å²) in [6.45, 7) is 10.4. The summed E-state index contributed by atoms with van der Waals surface area (Å²) in [5, 5.41) is 11.3. The first-order valence-electron chi connectivity index (χ1n) is 11.9. The maximum absolute atomic E-state index is 13.0. The molecule has 1 aliphatic heterocycles.